The first kappa shape index (κ1) is 13.1. The van der Waals surface area contributed by atoms with Crippen LogP contribution in [0.4, 0.5) is 5.82 Å². The Morgan fingerprint density at radius 1 is 1.44 bits per heavy atom. The van der Waals surface area contributed by atoms with Crippen LogP contribution >= 0.6 is 11.6 Å². The van der Waals surface area contributed by atoms with Crippen molar-refractivity contribution in [1.29, 1.82) is 0 Å². The number of hydrogen-bond acceptors (Lipinski definition) is 4. The van der Waals surface area contributed by atoms with Gasteiger partial charge in [-0.1, -0.05) is 24.4 Å². The molecule has 0 spiro atoms. The second kappa shape index (κ2) is 5.12. The molecule has 1 heterocycles. The third-order valence-electron chi connectivity index (χ3n) is 3.17. The second-order valence-electron chi connectivity index (χ2n) is 4.65. The molecular formula is C12H15ClN2O3. The molecule has 0 amide bonds. The number of rotatable bonds is 4. The fourth-order valence-electron chi connectivity index (χ4n) is 2.18. The Morgan fingerprint density at radius 2 is 2.11 bits per heavy atom. The largest absolute Gasteiger partial charge is 0.478 e. The van der Waals surface area contributed by atoms with Gasteiger partial charge < -0.3 is 15.5 Å². The number of nitrogens with zero attached hydrogens (tertiary/aromatic N) is 1. The van der Waals surface area contributed by atoms with Gasteiger partial charge in [-0.25, -0.2) is 9.78 Å². The number of halogens is 1. The van der Waals surface area contributed by atoms with Gasteiger partial charge in [0.15, 0.2) is 0 Å². The van der Waals surface area contributed by atoms with Crippen molar-refractivity contribution in [1.82, 2.24) is 4.98 Å². The van der Waals surface area contributed by atoms with Gasteiger partial charge in [0, 0.05) is 6.54 Å². The lowest BCUT2D eigenvalue weighted by molar-refractivity contribution is 0.0614. The number of aliphatic hydroxyl groups is 1. The van der Waals surface area contributed by atoms with Crippen LogP contribution in [-0.4, -0.2) is 33.3 Å². The van der Waals surface area contributed by atoms with Crippen LogP contribution in [0.2, 0.25) is 5.15 Å². The summed E-state index contributed by atoms with van der Waals surface area (Å²) in [5.74, 6) is -0.679. The van der Waals surface area contributed by atoms with E-state index in [4.69, 9.17) is 16.7 Å². The molecule has 2 rings (SSSR count). The summed E-state index contributed by atoms with van der Waals surface area (Å²) in [4.78, 5) is 14.9. The van der Waals surface area contributed by atoms with Crippen molar-refractivity contribution in [2.45, 2.75) is 31.3 Å². The zero-order chi connectivity index (χ0) is 13.2. The average molecular weight is 271 g/mol. The van der Waals surface area contributed by atoms with Crippen LogP contribution in [0.1, 0.15) is 36.0 Å². The SMILES string of the molecule is O=C(O)c1cc(Cl)nc(NCC2(O)CCCC2)c1. The van der Waals surface area contributed by atoms with E-state index < -0.39 is 11.6 Å². The molecule has 1 aliphatic rings. The van der Waals surface area contributed by atoms with Crippen LogP contribution in [0.25, 0.3) is 0 Å². The van der Waals surface area contributed by atoms with Gasteiger partial charge in [0.1, 0.15) is 11.0 Å². The molecule has 5 nitrogen and oxygen atoms in total. The van der Waals surface area contributed by atoms with Crippen molar-refractivity contribution >= 4 is 23.4 Å². The summed E-state index contributed by atoms with van der Waals surface area (Å²) >= 11 is 5.75. The van der Waals surface area contributed by atoms with E-state index in [0.29, 0.717) is 12.4 Å². The minimum atomic E-state index is -1.05. The Morgan fingerprint density at radius 3 is 2.72 bits per heavy atom. The number of nitrogens with one attached hydrogen (secondary N) is 1. The van der Waals surface area contributed by atoms with Crippen LogP contribution in [0.5, 0.6) is 0 Å². The van der Waals surface area contributed by atoms with Crippen LogP contribution < -0.4 is 5.32 Å². The second-order valence-corrected chi connectivity index (χ2v) is 5.04. The molecule has 0 aromatic carbocycles. The summed E-state index contributed by atoms with van der Waals surface area (Å²) < 4.78 is 0. The molecule has 1 aromatic heterocycles. The molecule has 98 valence electrons. The number of anilines is 1. The summed E-state index contributed by atoms with van der Waals surface area (Å²) in [5, 5.41) is 22.1. The van der Waals surface area contributed by atoms with Crippen LogP contribution in [0.3, 0.4) is 0 Å². The molecule has 0 bridgehead atoms. The molecule has 1 aromatic rings. The van der Waals surface area contributed by atoms with E-state index in [1.807, 2.05) is 0 Å². The molecule has 1 fully saturated rings. The Labute approximate surface area is 110 Å². The Kier molecular flexibility index (Phi) is 3.73. The quantitative estimate of drug-likeness (QED) is 0.730. The lowest BCUT2D eigenvalue weighted by Crippen LogP contribution is -2.33. The topological polar surface area (TPSA) is 82.5 Å². The molecule has 0 radical (unpaired) electrons. The summed E-state index contributed by atoms with van der Waals surface area (Å²) in [6.07, 6.45) is 3.54. The van der Waals surface area contributed by atoms with Gasteiger partial charge in [-0.05, 0) is 25.0 Å². The zero-order valence-electron chi connectivity index (χ0n) is 9.82. The van der Waals surface area contributed by atoms with E-state index in [9.17, 15) is 9.90 Å². The van der Waals surface area contributed by atoms with Gasteiger partial charge in [-0.3, -0.25) is 0 Å². The van der Waals surface area contributed by atoms with Crippen LogP contribution in [0.15, 0.2) is 12.1 Å². The fourth-order valence-corrected chi connectivity index (χ4v) is 2.38. The van der Waals surface area contributed by atoms with Gasteiger partial charge in [-0.15, -0.1) is 0 Å². The van der Waals surface area contributed by atoms with Crippen molar-refractivity contribution < 1.29 is 15.0 Å². The van der Waals surface area contributed by atoms with E-state index in [-0.39, 0.29) is 10.7 Å². The van der Waals surface area contributed by atoms with E-state index in [1.165, 1.54) is 12.1 Å². The van der Waals surface area contributed by atoms with Crippen LogP contribution in [-0.2, 0) is 0 Å². The predicted molar refractivity (Wildman–Crippen MR) is 68.1 cm³/mol. The summed E-state index contributed by atoms with van der Waals surface area (Å²) in [7, 11) is 0. The monoisotopic (exact) mass is 270 g/mol. The van der Waals surface area contributed by atoms with Crippen molar-refractivity contribution in [3.8, 4) is 0 Å². The van der Waals surface area contributed by atoms with Gasteiger partial charge in [0.25, 0.3) is 0 Å². The highest BCUT2D eigenvalue weighted by Gasteiger charge is 2.30. The number of pyridine rings is 1. The fraction of sp³-hybridized carbons (Fsp3) is 0.500. The van der Waals surface area contributed by atoms with Gasteiger partial charge in [-0.2, -0.15) is 0 Å². The number of hydrogen-bond donors (Lipinski definition) is 3. The van der Waals surface area contributed by atoms with E-state index in [1.54, 1.807) is 0 Å². The first-order valence-electron chi connectivity index (χ1n) is 5.86. The normalized spacial score (nSPS) is 17.7. The Hall–Kier alpha value is -1.33. The Bertz CT molecular complexity index is 459. The number of carbonyl (C=O) groups is 1. The first-order chi connectivity index (χ1) is 8.48. The molecule has 1 aliphatic carbocycles. The van der Waals surface area contributed by atoms with Gasteiger partial charge in [0.05, 0.1) is 11.2 Å². The number of aromatic nitrogens is 1. The maximum atomic E-state index is 10.9. The zero-order valence-corrected chi connectivity index (χ0v) is 10.6. The molecule has 3 N–H and O–H groups in total. The highest BCUT2D eigenvalue weighted by Crippen LogP contribution is 2.29. The van der Waals surface area contributed by atoms with E-state index in [0.717, 1.165) is 25.7 Å². The maximum absolute atomic E-state index is 10.9. The highest BCUT2D eigenvalue weighted by molar-refractivity contribution is 6.29. The molecule has 0 unspecified atom stereocenters. The number of carboxylic acid groups (broad SMARTS) is 1. The molecule has 0 atom stereocenters. The third kappa shape index (κ3) is 3.11. The van der Waals surface area contributed by atoms with Gasteiger partial charge >= 0.3 is 5.97 Å². The van der Waals surface area contributed by atoms with Crippen molar-refractivity contribution in [3.05, 3.63) is 22.8 Å². The van der Waals surface area contributed by atoms with Crippen LogP contribution in [0, 0.1) is 0 Å². The van der Waals surface area contributed by atoms with E-state index in [2.05, 4.69) is 10.3 Å². The number of aromatic carboxylic acids is 1. The smallest absolute Gasteiger partial charge is 0.335 e. The molecular weight excluding hydrogens is 256 g/mol. The Balaban J connectivity index is 2.07. The third-order valence-corrected chi connectivity index (χ3v) is 3.37. The summed E-state index contributed by atoms with van der Waals surface area (Å²) in [6.45, 7) is 0.361. The summed E-state index contributed by atoms with van der Waals surface area (Å²) in [6, 6.07) is 2.70. The highest BCUT2D eigenvalue weighted by atomic mass is 35.5. The average Bonchev–Trinajstić information content (AvgIpc) is 2.73. The van der Waals surface area contributed by atoms with Crippen molar-refractivity contribution in [3.63, 3.8) is 0 Å². The molecule has 0 aliphatic heterocycles. The molecule has 0 saturated heterocycles. The van der Waals surface area contributed by atoms with Gasteiger partial charge in [0.2, 0.25) is 0 Å². The van der Waals surface area contributed by atoms with E-state index >= 15 is 0 Å². The van der Waals surface area contributed by atoms with Crippen molar-refractivity contribution in [2.24, 2.45) is 0 Å². The minimum Gasteiger partial charge on any atom is -0.478 e. The standard InChI is InChI=1S/C12H15ClN2O3/c13-9-5-8(11(16)17)6-10(15-9)14-7-12(18)3-1-2-4-12/h5-6,18H,1-4,7H2,(H,14,15)(H,16,17). The minimum absolute atomic E-state index is 0.0795. The lowest BCUT2D eigenvalue weighted by atomic mass is 10.0. The number of carboxylic acids is 1. The predicted octanol–water partition coefficient (Wildman–Crippen LogP) is 2.15. The maximum Gasteiger partial charge on any atom is 0.335 e. The summed E-state index contributed by atoms with van der Waals surface area (Å²) in [5.41, 5.74) is -0.635. The lowest BCUT2D eigenvalue weighted by Gasteiger charge is -2.22. The van der Waals surface area contributed by atoms with Crippen molar-refractivity contribution in [2.75, 3.05) is 11.9 Å². The molecule has 18 heavy (non-hydrogen) atoms. The first-order valence-corrected chi connectivity index (χ1v) is 6.23. The molecule has 1 saturated carbocycles. The molecule has 6 heteroatoms.